The molecule has 2 aromatic heterocycles. The molecule has 0 N–H and O–H groups in total. The van der Waals surface area contributed by atoms with Crippen molar-refractivity contribution in [1.82, 2.24) is 0 Å². The second-order valence-electron chi connectivity index (χ2n) is 17.5. The molecule has 0 aliphatic heterocycles. The maximum absolute atomic E-state index is 6.89. The quantitative estimate of drug-likeness (QED) is 0.168. The van der Waals surface area contributed by atoms with Crippen molar-refractivity contribution in [3.8, 4) is 0 Å². The molecular weight excluding hydrogens is 757 g/mol. The topological polar surface area (TPSA) is 32.8 Å². The minimum absolute atomic E-state index is 0.871. The highest BCUT2D eigenvalue weighted by molar-refractivity contribution is 6.29. The molecule has 0 amide bonds. The molecule has 0 fully saturated rings. The van der Waals surface area contributed by atoms with Gasteiger partial charge in [0.2, 0.25) is 0 Å². The van der Waals surface area contributed by atoms with Crippen LogP contribution in [0, 0.1) is 55.4 Å². The largest absolute Gasteiger partial charge is 0.456 e. The third kappa shape index (κ3) is 6.04. The van der Waals surface area contributed by atoms with Crippen LogP contribution in [-0.2, 0) is 0 Å². The van der Waals surface area contributed by atoms with Gasteiger partial charge in [-0.3, -0.25) is 0 Å². The Labute approximate surface area is 362 Å². The molecule has 0 atom stereocenters. The average molecular weight is 805 g/mol. The molecule has 0 bridgehead atoms. The number of hydrogen-bond acceptors (Lipinski definition) is 4. The first-order chi connectivity index (χ1) is 30.0. The first kappa shape index (κ1) is 37.7. The summed E-state index contributed by atoms with van der Waals surface area (Å²) in [7, 11) is 0. The smallest absolute Gasteiger partial charge is 0.139 e. The Kier molecular flexibility index (Phi) is 8.59. The predicted octanol–water partition coefficient (Wildman–Crippen LogP) is 17.2. The molecule has 0 spiro atoms. The summed E-state index contributed by atoms with van der Waals surface area (Å²) >= 11 is 0. The molecule has 11 rings (SSSR count). The van der Waals surface area contributed by atoms with E-state index in [1.165, 1.54) is 44.8 Å². The maximum atomic E-state index is 6.89. The van der Waals surface area contributed by atoms with Gasteiger partial charge in [0, 0.05) is 55.7 Å². The number of aryl methyl sites for hydroxylation is 8. The lowest BCUT2D eigenvalue weighted by Crippen LogP contribution is -2.11. The van der Waals surface area contributed by atoms with Gasteiger partial charge in [0.05, 0.1) is 0 Å². The SMILES string of the molecule is Cc1ccc(N(c2ccc3cc4c(cc3c2)oc2c(C)c(C)c3oc5cc6cc(N(c7ccc(C)cc7)c7cc(C)ccc7C)ccc6cc5c3c24)c2cc(C)ccc2C)cc1. The molecule has 11 aromatic rings. The monoisotopic (exact) mass is 804 g/mol. The first-order valence-corrected chi connectivity index (χ1v) is 21.6. The lowest BCUT2D eigenvalue weighted by molar-refractivity contribution is 0.657. The van der Waals surface area contributed by atoms with Crippen molar-refractivity contribution in [2.45, 2.75) is 55.4 Å². The zero-order chi connectivity index (χ0) is 42.6. The van der Waals surface area contributed by atoms with Crippen molar-refractivity contribution in [3.05, 3.63) is 190 Å². The van der Waals surface area contributed by atoms with Gasteiger partial charge in [-0.15, -0.1) is 0 Å². The van der Waals surface area contributed by atoms with E-state index in [0.29, 0.717) is 0 Å². The highest BCUT2D eigenvalue weighted by Gasteiger charge is 2.24. The van der Waals surface area contributed by atoms with Crippen LogP contribution in [0.2, 0.25) is 0 Å². The van der Waals surface area contributed by atoms with Crippen molar-refractivity contribution in [3.63, 3.8) is 0 Å². The van der Waals surface area contributed by atoms with E-state index in [2.05, 4.69) is 211 Å². The molecule has 9 aromatic carbocycles. The molecule has 0 saturated carbocycles. The highest BCUT2D eigenvalue weighted by atomic mass is 16.3. The minimum Gasteiger partial charge on any atom is -0.456 e. The van der Waals surface area contributed by atoms with Gasteiger partial charge in [0.25, 0.3) is 0 Å². The average Bonchev–Trinajstić information content (AvgIpc) is 3.82. The van der Waals surface area contributed by atoms with Gasteiger partial charge in [-0.2, -0.15) is 0 Å². The molecule has 0 aliphatic carbocycles. The van der Waals surface area contributed by atoms with Crippen LogP contribution in [-0.4, -0.2) is 0 Å². The first-order valence-electron chi connectivity index (χ1n) is 21.6. The Morgan fingerprint density at radius 1 is 0.323 bits per heavy atom. The van der Waals surface area contributed by atoms with E-state index in [-0.39, 0.29) is 0 Å². The molecule has 0 aliphatic rings. The van der Waals surface area contributed by atoms with Crippen LogP contribution in [0.25, 0.3) is 65.4 Å². The Morgan fingerprint density at radius 2 is 0.694 bits per heavy atom. The number of hydrogen-bond donors (Lipinski definition) is 0. The Balaban J connectivity index is 1.08. The van der Waals surface area contributed by atoms with Gasteiger partial charge in [-0.25, -0.2) is 0 Å². The van der Waals surface area contributed by atoms with Gasteiger partial charge in [-0.1, -0.05) is 71.8 Å². The third-order valence-corrected chi connectivity index (χ3v) is 13.1. The molecular formula is C58H48N2O2. The van der Waals surface area contributed by atoms with E-state index >= 15 is 0 Å². The van der Waals surface area contributed by atoms with E-state index < -0.39 is 0 Å². The van der Waals surface area contributed by atoms with E-state index in [9.17, 15) is 0 Å². The highest BCUT2D eigenvalue weighted by Crippen LogP contribution is 2.47. The fourth-order valence-electron chi connectivity index (χ4n) is 9.46. The second-order valence-corrected chi connectivity index (χ2v) is 17.5. The van der Waals surface area contributed by atoms with Crippen LogP contribution in [0.4, 0.5) is 34.1 Å². The van der Waals surface area contributed by atoms with E-state index in [4.69, 9.17) is 8.83 Å². The summed E-state index contributed by atoms with van der Waals surface area (Å²) in [4.78, 5) is 4.74. The number of benzene rings is 9. The summed E-state index contributed by atoms with van der Waals surface area (Å²) in [6.45, 7) is 17.3. The second kappa shape index (κ2) is 14.1. The number of anilines is 6. The lowest BCUT2D eigenvalue weighted by Gasteiger charge is -2.28. The van der Waals surface area contributed by atoms with Crippen molar-refractivity contribution in [1.29, 1.82) is 0 Å². The normalized spacial score (nSPS) is 11.9. The molecule has 302 valence electrons. The Hall–Kier alpha value is -7.30. The molecule has 0 saturated heterocycles. The summed E-state index contributed by atoms with van der Waals surface area (Å²) in [5.74, 6) is 0. The minimum atomic E-state index is 0.871. The Bertz CT molecular complexity index is 3370. The summed E-state index contributed by atoms with van der Waals surface area (Å²) in [5.41, 5.74) is 20.0. The maximum Gasteiger partial charge on any atom is 0.139 e. The number of rotatable bonds is 6. The number of nitrogens with zero attached hydrogens (tertiary/aromatic N) is 2. The van der Waals surface area contributed by atoms with Crippen molar-refractivity contribution < 1.29 is 8.83 Å². The number of furan rings is 2. The van der Waals surface area contributed by atoms with E-state index in [0.717, 1.165) is 99.3 Å². The summed E-state index contributed by atoms with van der Waals surface area (Å²) in [5, 5.41) is 8.98. The fraction of sp³-hybridized carbons (Fsp3) is 0.138. The molecule has 4 nitrogen and oxygen atoms in total. The number of fused-ring (bicyclic) bond motifs is 9. The van der Waals surface area contributed by atoms with Crippen LogP contribution in [0.1, 0.15) is 44.5 Å². The zero-order valence-corrected chi connectivity index (χ0v) is 36.6. The van der Waals surface area contributed by atoms with Gasteiger partial charge >= 0.3 is 0 Å². The van der Waals surface area contributed by atoms with Crippen molar-refractivity contribution >= 4 is 99.5 Å². The molecule has 2 heterocycles. The zero-order valence-electron chi connectivity index (χ0n) is 36.6. The van der Waals surface area contributed by atoms with Crippen LogP contribution >= 0.6 is 0 Å². The predicted molar refractivity (Wildman–Crippen MR) is 263 cm³/mol. The van der Waals surface area contributed by atoms with Gasteiger partial charge in [0.15, 0.2) is 0 Å². The lowest BCUT2D eigenvalue weighted by atomic mass is 9.96. The molecule has 0 unspecified atom stereocenters. The van der Waals surface area contributed by atoms with Crippen molar-refractivity contribution in [2.75, 3.05) is 9.80 Å². The third-order valence-electron chi connectivity index (χ3n) is 13.1. The van der Waals surface area contributed by atoms with Gasteiger partial charge < -0.3 is 18.6 Å². The van der Waals surface area contributed by atoms with Crippen molar-refractivity contribution in [2.24, 2.45) is 0 Å². The summed E-state index contributed by atoms with van der Waals surface area (Å²) < 4.78 is 13.8. The van der Waals surface area contributed by atoms with Crippen LogP contribution in [0.15, 0.2) is 154 Å². The fourth-order valence-corrected chi connectivity index (χ4v) is 9.46. The van der Waals surface area contributed by atoms with Crippen LogP contribution in [0.5, 0.6) is 0 Å². The van der Waals surface area contributed by atoms with Gasteiger partial charge in [-0.05, 0) is 195 Å². The van der Waals surface area contributed by atoms with E-state index in [1.807, 2.05) is 0 Å². The summed E-state index contributed by atoms with van der Waals surface area (Å²) in [6, 6.07) is 53.6. The molecule has 4 heteroatoms. The van der Waals surface area contributed by atoms with Crippen LogP contribution < -0.4 is 9.80 Å². The van der Waals surface area contributed by atoms with Gasteiger partial charge in [0.1, 0.15) is 22.3 Å². The standard InChI is InChI=1S/C58H48N2O2/c1-33-11-19-45(20-12-33)59(51-25-35(3)9-15-37(51)5)47-23-17-41-29-49-53(31-43(41)27-47)61-57-39(7)40(8)58-56(55(49)57)50-30-42-18-24-48(28-44(42)32-54(50)62-58)60(46-21-13-34(2)14-22-46)52-26-36(4)10-16-38(52)6/h9-32H,1-8H3. The van der Waals surface area contributed by atoms with Crippen LogP contribution in [0.3, 0.4) is 0 Å². The summed E-state index contributed by atoms with van der Waals surface area (Å²) in [6.07, 6.45) is 0. The van der Waals surface area contributed by atoms with E-state index in [1.54, 1.807) is 0 Å². The molecule has 0 radical (unpaired) electrons. The Morgan fingerprint density at radius 3 is 1.10 bits per heavy atom. The molecule has 62 heavy (non-hydrogen) atoms.